The molecule has 1 aromatic heterocycles. The zero-order valence-electron chi connectivity index (χ0n) is 22.3. The summed E-state index contributed by atoms with van der Waals surface area (Å²) in [6.07, 6.45) is 2.41. The molecule has 1 atom stereocenters. The Morgan fingerprint density at radius 2 is 1.89 bits per heavy atom. The number of aromatic amines is 1. The van der Waals surface area contributed by atoms with Crippen molar-refractivity contribution in [3.05, 3.63) is 52.7 Å². The molecule has 2 aliphatic heterocycles. The number of morpholine rings is 1. The predicted molar refractivity (Wildman–Crippen MR) is 143 cm³/mol. The van der Waals surface area contributed by atoms with E-state index >= 15 is 0 Å². The fraction of sp³-hybridized carbons (Fsp3) is 0.483. The number of aryl methyl sites for hydroxylation is 2. The molecule has 1 N–H and O–H groups in total. The summed E-state index contributed by atoms with van der Waals surface area (Å²) in [6, 6.07) is 10.3. The Bertz CT molecular complexity index is 1260. The van der Waals surface area contributed by atoms with Crippen LogP contribution < -0.4 is 14.2 Å². The summed E-state index contributed by atoms with van der Waals surface area (Å²) in [5.74, 6) is 2.31. The molecule has 0 saturated carbocycles. The van der Waals surface area contributed by atoms with Crippen LogP contribution in [0, 0.1) is 6.92 Å². The molecule has 1 saturated heterocycles. The SMILES string of the molecule is CCOc1cc2c(cc1OC)CCN(C(=O)N1CCOCC1)C2CCc1c(C)[nH]c2ccc(OC)cc12. The number of hydrogen-bond acceptors (Lipinski definition) is 5. The van der Waals surface area contributed by atoms with E-state index in [9.17, 15) is 4.79 Å². The van der Waals surface area contributed by atoms with Gasteiger partial charge in [-0.05, 0) is 80.1 Å². The van der Waals surface area contributed by atoms with Crippen molar-refractivity contribution >= 4 is 16.9 Å². The Morgan fingerprint density at radius 1 is 1.08 bits per heavy atom. The van der Waals surface area contributed by atoms with E-state index in [1.165, 1.54) is 16.5 Å². The van der Waals surface area contributed by atoms with Crippen LogP contribution in [0.2, 0.25) is 0 Å². The number of ether oxygens (including phenoxy) is 4. The molecule has 3 aromatic rings. The molecule has 37 heavy (non-hydrogen) atoms. The minimum atomic E-state index is -0.0702. The topological polar surface area (TPSA) is 76.3 Å². The highest BCUT2D eigenvalue weighted by Gasteiger charge is 2.35. The first kappa shape index (κ1) is 25.3. The molecule has 0 bridgehead atoms. The van der Waals surface area contributed by atoms with Gasteiger partial charge >= 0.3 is 6.03 Å². The zero-order chi connectivity index (χ0) is 25.9. The Labute approximate surface area is 218 Å². The Kier molecular flexibility index (Phi) is 7.46. The van der Waals surface area contributed by atoms with Crippen LogP contribution in [0.15, 0.2) is 30.3 Å². The highest BCUT2D eigenvalue weighted by atomic mass is 16.5. The summed E-state index contributed by atoms with van der Waals surface area (Å²) in [7, 11) is 3.37. The largest absolute Gasteiger partial charge is 0.497 e. The lowest BCUT2D eigenvalue weighted by atomic mass is 9.88. The van der Waals surface area contributed by atoms with Crippen molar-refractivity contribution in [2.24, 2.45) is 0 Å². The fourth-order valence-electron chi connectivity index (χ4n) is 5.71. The number of benzene rings is 2. The molecule has 5 rings (SSSR count). The molecule has 1 unspecified atom stereocenters. The van der Waals surface area contributed by atoms with Crippen LogP contribution in [0.25, 0.3) is 10.9 Å². The van der Waals surface area contributed by atoms with Gasteiger partial charge in [-0.1, -0.05) is 0 Å². The standard InChI is InChI=1S/C29H37N3O5/c1-5-37-28-18-23-20(16-27(28)35-4)10-11-32(29(33)31-12-14-36-15-13-31)26(23)9-7-22-19(2)30-25-8-6-21(34-3)17-24(22)25/h6,8,16-18,26,30H,5,7,9-15H2,1-4H3. The summed E-state index contributed by atoms with van der Waals surface area (Å²) in [5, 5.41) is 1.17. The lowest BCUT2D eigenvalue weighted by molar-refractivity contribution is 0.0376. The number of carbonyl (C=O) groups is 1. The van der Waals surface area contributed by atoms with Crippen molar-refractivity contribution in [1.29, 1.82) is 0 Å². The number of nitrogens with zero attached hydrogens (tertiary/aromatic N) is 2. The summed E-state index contributed by atoms with van der Waals surface area (Å²) < 4.78 is 22.6. The van der Waals surface area contributed by atoms with Gasteiger partial charge in [-0.25, -0.2) is 4.79 Å². The van der Waals surface area contributed by atoms with E-state index in [1.54, 1.807) is 14.2 Å². The molecule has 198 valence electrons. The maximum Gasteiger partial charge on any atom is 0.320 e. The molecule has 8 nitrogen and oxygen atoms in total. The van der Waals surface area contributed by atoms with Gasteiger partial charge in [-0.2, -0.15) is 0 Å². The Balaban J connectivity index is 1.51. The van der Waals surface area contributed by atoms with Crippen molar-refractivity contribution < 1.29 is 23.7 Å². The van der Waals surface area contributed by atoms with Crippen LogP contribution >= 0.6 is 0 Å². The number of fused-ring (bicyclic) bond motifs is 2. The van der Waals surface area contributed by atoms with Crippen molar-refractivity contribution in [3.8, 4) is 17.2 Å². The average molecular weight is 508 g/mol. The van der Waals surface area contributed by atoms with E-state index in [-0.39, 0.29) is 12.1 Å². The number of rotatable bonds is 7. The van der Waals surface area contributed by atoms with E-state index in [1.807, 2.05) is 17.9 Å². The van der Waals surface area contributed by atoms with E-state index in [2.05, 4.69) is 41.1 Å². The molecule has 2 amide bonds. The molecular weight excluding hydrogens is 470 g/mol. The predicted octanol–water partition coefficient (Wildman–Crippen LogP) is 4.88. The van der Waals surface area contributed by atoms with Gasteiger partial charge in [0.2, 0.25) is 0 Å². The van der Waals surface area contributed by atoms with E-state index < -0.39 is 0 Å². The molecule has 2 aliphatic rings. The van der Waals surface area contributed by atoms with Crippen molar-refractivity contribution in [2.45, 2.75) is 39.2 Å². The minimum Gasteiger partial charge on any atom is -0.497 e. The van der Waals surface area contributed by atoms with Gasteiger partial charge in [0, 0.05) is 36.2 Å². The number of aromatic nitrogens is 1. The third kappa shape index (κ3) is 4.94. The third-order valence-electron chi connectivity index (χ3n) is 7.60. The van der Waals surface area contributed by atoms with Crippen molar-refractivity contribution in [1.82, 2.24) is 14.8 Å². The molecule has 0 radical (unpaired) electrons. The lowest BCUT2D eigenvalue weighted by Crippen LogP contribution is -2.51. The van der Waals surface area contributed by atoms with Gasteiger partial charge < -0.3 is 33.7 Å². The molecule has 1 fully saturated rings. The van der Waals surface area contributed by atoms with Crippen LogP contribution in [0.3, 0.4) is 0 Å². The smallest absolute Gasteiger partial charge is 0.320 e. The first-order chi connectivity index (χ1) is 18.0. The van der Waals surface area contributed by atoms with Gasteiger partial charge in [0.25, 0.3) is 0 Å². The maximum atomic E-state index is 13.7. The number of hydrogen-bond donors (Lipinski definition) is 1. The molecular formula is C29H37N3O5. The van der Waals surface area contributed by atoms with Gasteiger partial charge in [0.1, 0.15) is 5.75 Å². The fourth-order valence-corrected chi connectivity index (χ4v) is 5.71. The number of methoxy groups -OCH3 is 2. The first-order valence-corrected chi connectivity index (χ1v) is 13.2. The Hall–Kier alpha value is -3.39. The first-order valence-electron chi connectivity index (χ1n) is 13.2. The second-order valence-electron chi connectivity index (χ2n) is 9.65. The highest BCUT2D eigenvalue weighted by molar-refractivity contribution is 5.86. The molecule has 8 heteroatoms. The van der Waals surface area contributed by atoms with Crippen molar-refractivity contribution in [2.75, 3.05) is 53.7 Å². The van der Waals surface area contributed by atoms with Gasteiger partial charge in [-0.15, -0.1) is 0 Å². The third-order valence-corrected chi connectivity index (χ3v) is 7.60. The number of nitrogens with one attached hydrogen (secondary N) is 1. The molecule has 0 spiro atoms. The van der Waals surface area contributed by atoms with Crippen molar-refractivity contribution in [3.63, 3.8) is 0 Å². The summed E-state index contributed by atoms with van der Waals surface area (Å²) in [4.78, 5) is 21.2. The quantitative estimate of drug-likeness (QED) is 0.494. The summed E-state index contributed by atoms with van der Waals surface area (Å²) in [5.41, 5.74) is 5.87. The normalized spacial score (nSPS) is 17.6. The monoisotopic (exact) mass is 507 g/mol. The maximum absolute atomic E-state index is 13.7. The number of amides is 2. The van der Waals surface area contributed by atoms with Crippen LogP contribution in [-0.4, -0.2) is 74.5 Å². The summed E-state index contributed by atoms with van der Waals surface area (Å²) >= 11 is 0. The van der Waals surface area contributed by atoms with Gasteiger partial charge in [0.05, 0.1) is 40.1 Å². The number of urea groups is 1. The van der Waals surface area contributed by atoms with Crippen LogP contribution in [0.4, 0.5) is 4.79 Å². The number of carbonyl (C=O) groups excluding carboxylic acids is 1. The van der Waals surface area contributed by atoms with E-state index in [0.29, 0.717) is 39.5 Å². The van der Waals surface area contributed by atoms with E-state index in [4.69, 9.17) is 18.9 Å². The van der Waals surface area contributed by atoms with Crippen LogP contribution in [0.1, 0.15) is 41.8 Å². The zero-order valence-corrected chi connectivity index (χ0v) is 22.3. The Morgan fingerprint density at radius 3 is 2.62 bits per heavy atom. The van der Waals surface area contributed by atoms with Crippen LogP contribution in [-0.2, 0) is 17.6 Å². The highest BCUT2D eigenvalue weighted by Crippen LogP contribution is 2.41. The summed E-state index contributed by atoms with van der Waals surface area (Å²) in [6.45, 7) is 7.74. The average Bonchev–Trinajstić information content (AvgIpc) is 3.25. The van der Waals surface area contributed by atoms with Gasteiger partial charge in [0.15, 0.2) is 11.5 Å². The molecule has 2 aromatic carbocycles. The van der Waals surface area contributed by atoms with Crippen LogP contribution in [0.5, 0.6) is 17.2 Å². The second kappa shape index (κ2) is 10.9. The minimum absolute atomic E-state index is 0.0702. The van der Waals surface area contributed by atoms with Gasteiger partial charge in [-0.3, -0.25) is 0 Å². The molecule has 0 aliphatic carbocycles. The molecule has 3 heterocycles. The number of H-pyrrole nitrogens is 1. The van der Waals surface area contributed by atoms with E-state index in [0.717, 1.165) is 53.3 Å². The lowest BCUT2D eigenvalue weighted by Gasteiger charge is -2.41. The second-order valence-corrected chi connectivity index (χ2v) is 9.65.